The predicted molar refractivity (Wildman–Crippen MR) is 210 cm³/mol. The van der Waals surface area contributed by atoms with E-state index >= 15 is 0 Å². The lowest BCUT2D eigenvalue weighted by Gasteiger charge is -2.27. The number of para-hydroxylation sites is 4. The van der Waals surface area contributed by atoms with Gasteiger partial charge in [0.15, 0.2) is 0 Å². The van der Waals surface area contributed by atoms with Crippen molar-refractivity contribution in [3.05, 3.63) is 176 Å². The Bertz CT molecular complexity index is 2880. The van der Waals surface area contributed by atoms with Crippen molar-refractivity contribution in [2.45, 2.75) is 0 Å². The van der Waals surface area contributed by atoms with Crippen molar-refractivity contribution >= 4 is 39.0 Å². The van der Waals surface area contributed by atoms with Crippen LogP contribution in [0, 0.1) is 0 Å². The van der Waals surface area contributed by atoms with Crippen molar-refractivity contribution in [3.63, 3.8) is 0 Å². The lowest BCUT2D eigenvalue weighted by molar-refractivity contribution is 0.487. The second-order valence-electron chi connectivity index (χ2n) is 13.3. The fourth-order valence-electron chi connectivity index (χ4n) is 7.91. The van der Waals surface area contributed by atoms with E-state index in [1.807, 2.05) is 48.5 Å². The lowest BCUT2D eigenvalue weighted by atomic mass is 9.93. The molecule has 0 atom stereocenters. The molecule has 2 aliphatic heterocycles. The summed E-state index contributed by atoms with van der Waals surface area (Å²) in [5.74, 6) is 3.32. The third-order valence-corrected chi connectivity index (χ3v) is 10.3. The second kappa shape index (κ2) is 11.2. The zero-order valence-electron chi connectivity index (χ0n) is 27.9. The normalized spacial score (nSPS) is 12.2. The smallest absolute Gasteiger partial charge is 0.137 e. The maximum absolute atomic E-state index is 6.80. The average molecular weight is 668 g/mol. The van der Waals surface area contributed by atoms with Crippen molar-refractivity contribution in [1.29, 1.82) is 0 Å². The maximum atomic E-state index is 6.80. The van der Waals surface area contributed by atoms with Gasteiger partial charge in [0.2, 0.25) is 0 Å². The maximum Gasteiger partial charge on any atom is 0.137 e. The molecule has 0 saturated heterocycles. The predicted octanol–water partition coefficient (Wildman–Crippen LogP) is 13.9. The van der Waals surface area contributed by atoms with Crippen LogP contribution in [0.2, 0.25) is 0 Å². The average Bonchev–Trinajstić information content (AvgIpc) is 3.42. The molecule has 4 nitrogen and oxygen atoms in total. The van der Waals surface area contributed by atoms with Crippen LogP contribution in [-0.4, -0.2) is 0 Å². The molecule has 244 valence electrons. The molecule has 0 fully saturated rings. The molecule has 0 unspecified atom stereocenters. The molecule has 8 aromatic carbocycles. The van der Waals surface area contributed by atoms with Crippen molar-refractivity contribution in [2.24, 2.45) is 0 Å². The Kier molecular flexibility index (Phi) is 6.22. The number of benzene rings is 8. The summed E-state index contributed by atoms with van der Waals surface area (Å²) in [5.41, 5.74) is 13.5. The Morgan fingerprint density at radius 3 is 1.42 bits per heavy atom. The largest absolute Gasteiger partial charge is 0.456 e. The summed E-state index contributed by atoms with van der Waals surface area (Å²) < 4.78 is 19.6. The summed E-state index contributed by atoms with van der Waals surface area (Å²) in [5, 5.41) is 2.15. The monoisotopic (exact) mass is 667 g/mol. The van der Waals surface area contributed by atoms with Gasteiger partial charge in [-0.3, -0.25) is 0 Å². The molecule has 9 aromatic rings. The van der Waals surface area contributed by atoms with Crippen molar-refractivity contribution < 1.29 is 13.9 Å². The van der Waals surface area contributed by atoms with Gasteiger partial charge in [-0.2, -0.15) is 0 Å². The summed E-state index contributed by atoms with van der Waals surface area (Å²) in [6.45, 7) is 0. The van der Waals surface area contributed by atoms with Crippen molar-refractivity contribution in [3.8, 4) is 67.5 Å². The SMILES string of the molecule is c1ccc2c(c1)Oc1cc(N(c3ccc4c(c3)-c3ccccc3Oc3ccccc3-4)c3ccc4oc5ccccc5c4c3)ccc1-c1ccccc1-2. The first-order valence-corrected chi connectivity index (χ1v) is 17.5. The standard InChI is InChI=1S/C48H29NO3/c1-2-12-34-33(11-1)36-13-3-8-18-44(36)52-48-29-32(22-25-40(34)48)49(31-23-26-47-42(28-31)39-16-6-10-20-46(39)51-47)30-21-24-35-37-14-4-7-17-43(37)50-45-19-9-5-15-38(45)41(35)27-30/h1-29H. The molecule has 0 radical (unpaired) electrons. The van der Waals surface area contributed by atoms with E-state index in [-0.39, 0.29) is 0 Å². The van der Waals surface area contributed by atoms with E-state index < -0.39 is 0 Å². The van der Waals surface area contributed by atoms with E-state index in [0.29, 0.717) is 0 Å². The minimum atomic E-state index is 0.803. The summed E-state index contributed by atoms with van der Waals surface area (Å²) in [6.07, 6.45) is 0. The first-order chi connectivity index (χ1) is 25.8. The molecule has 52 heavy (non-hydrogen) atoms. The summed E-state index contributed by atoms with van der Waals surface area (Å²) in [6, 6.07) is 61.3. The fraction of sp³-hybridized carbons (Fsp3) is 0. The van der Waals surface area contributed by atoms with Crippen LogP contribution in [0.4, 0.5) is 17.1 Å². The van der Waals surface area contributed by atoms with Gasteiger partial charge in [0.25, 0.3) is 0 Å². The van der Waals surface area contributed by atoms with Gasteiger partial charge in [0.1, 0.15) is 34.2 Å². The number of fused-ring (bicyclic) bond motifs is 13. The van der Waals surface area contributed by atoms with E-state index in [9.17, 15) is 0 Å². The molecule has 4 heteroatoms. The number of hydrogen-bond acceptors (Lipinski definition) is 4. The number of furan rings is 1. The van der Waals surface area contributed by atoms with Crippen LogP contribution < -0.4 is 14.4 Å². The van der Waals surface area contributed by atoms with Crippen molar-refractivity contribution in [1.82, 2.24) is 0 Å². The highest BCUT2D eigenvalue weighted by Gasteiger charge is 2.25. The lowest BCUT2D eigenvalue weighted by Crippen LogP contribution is -2.10. The highest BCUT2D eigenvalue weighted by Crippen LogP contribution is 2.51. The third kappa shape index (κ3) is 4.41. The van der Waals surface area contributed by atoms with Crippen LogP contribution >= 0.6 is 0 Å². The van der Waals surface area contributed by atoms with Crippen LogP contribution in [-0.2, 0) is 0 Å². The minimum absolute atomic E-state index is 0.803. The van der Waals surface area contributed by atoms with E-state index in [1.165, 1.54) is 0 Å². The Balaban J connectivity index is 1.16. The molecule has 1 aromatic heterocycles. The van der Waals surface area contributed by atoms with Crippen LogP contribution in [0.15, 0.2) is 180 Å². The summed E-state index contributed by atoms with van der Waals surface area (Å²) in [7, 11) is 0. The molecular formula is C48H29NO3. The van der Waals surface area contributed by atoms with Crippen LogP contribution in [0.1, 0.15) is 0 Å². The molecule has 2 aliphatic rings. The Labute approximate surface area is 300 Å². The summed E-state index contributed by atoms with van der Waals surface area (Å²) >= 11 is 0. The Hall–Kier alpha value is -7.04. The molecule has 0 bridgehead atoms. The van der Waals surface area contributed by atoms with Gasteiger partial charge in [0.05, 0.1) is 0 Å². The van der Waals surface area contributed by atoms with Gasteiger partial charge in [-0.25, -0.2) is 0 Å². The van der Waals surface area contributed by atoms with E-state index in [4.69, 9.17) is 13.9 Å². The Morgan fingerprint density at radius 2 is 0.731 bits per heavy atom. The highest BCUT2D eigenvalue weighted by atomic mass is 16.5. The quantitative estimate of drug-likeness (QED) is 0.188. The van der Waals surface area contributed by atoms with Crippen molar-refractivity contribution in [2.75, 3.05) is 4.90 Å². The number of nitrogens with zero attached hydrogens (tertiary/aromatic N) is 1. The number of hydrogen-bond donors (Lipinski definition) is 0. The fourth-order valence-corrected chi connectivity index (χ4v) is 7.91. The first-order valence-electron chi connectivity index (χ1n) is 17.5. The van der Waals surface area contributed by atoms with E-state index in [2.05, 4.69) is 132 Å². The van der Waals surface area contributed by atoms with Gasteiger partial charge in [-0.15, -0.1) is 0 Å². The first kappa shape index (κ1) is 28.8. The molecule has 0 amide bonds. The minimum Gasteiger partial charge on any atom is -0.456 e. The van der Waals surface area contributed by atoms with Gasteiger partial charge >= 0.3 is 0 Å². The highest BCUT2D eigenvalue weighted by molar-refractivity contribution is 6.07. The van der Waals surface area contributed by atoms with Gasteiger partial charge in [0, 0.05) is 56.2 Å². The number of ether oxygens (including phenoxy) is 2. The third-order valence-electron chi connectivity index (χ3n) is 10.3. The molecule has 3 heterocycles. The second-order valence-corrected chi connectivity index (χ2v) is 13.3. The molecule has 0 saturated carbocycles. The molecule has 11 rings (SSSR count). The van der Waals surface area contributed by atoms with Gasteiger partial charge < -0.3 is 18.8 Å². The molecular weight excluding hydrogens is 639 g/mol. The topological polar surface area (TPSA) is 34.8 Å². The molecule has 0 N–H and O–H groups in total. The van der Waals surface area contributed by atoms with Crippen LogP contribution in [0.25, 0.3) is 66.4 Å². The van der Waals surface area contributed by atoms with Gasteiger partial charge in [-0.1, -0.05) is 103 Å². The summed E-state index contributed by atoms with van der Waals surface area (Å²) in [4.78, 5) is 2.31. The van der Waals surface area contributed by atoms with E-state index in [0.717, 1.165) is 107 Å². The number of rotatable bonds is 3. The zero-order valence-corrected chi connectivity index (χ0v) is 27.9. The molecule has 0 spiro atoms. The van der Waals surface area contributed by atoms with Crippen LogP contribution in [0.5, 0.6) is 23.0 Å². The zero-order chi connectivity index (χ0) is 34.2. The van der Waals surface area contributed by atoms with E-state index in [1.54, 1.807) is 0 Å². The molecule has 0 aliphatic carbocycles. The number of anilines is 3. The van der Waals surface area contributed by atoms with Gasteiger partial charge in [-0.05, 0) is 89.0 Å². The Morgan fingerprint density at radius 1 is 0.288 bits per heavy atom. The van der Waals surface area contributed by atoms with Crippen LogP contribution in [0.3, 0.4) is 0 Å².